The molecule has 4 rings (SSSR count). The number of carbonyl (C=O) groups excluding carboxylic acids is 2. The fourth-order valence-corrected chi connectivity index (χ4v) is 4.72. The van der Waals surface area contributed by atoms with Crippen molar-refractivity contribution in [3.05, 3.63) is 68.4 Å². The lowest BCUT2D eigenvalue weighted by Gasteiger charge is -2.14. The van der Waals surface area contributed by atoms with E-state index < -0.39 is 5.82 Å². The van der Waals surface area contributed by atoms with Crippen LogP contribution in [0.15, 0.2) is 30.3 Å². The fraction of sp³-hybridized carbons (Fsp3) is 0.292. The van der Waals surface area contributed by atoms with Crippen LogP contribution in [0.25, 0.3) is 11.1 Å². The number of nitrogens with zero attached hydrogens (tertiary/aromatic N) is 1. The molecule has 0 unspecified atom stereocenters. The Morgan fingerprint density at radius 2 is 1.97 bits per heavy atom. The maximum atomic E-state index is 14.7. The number of ether oxygens (including phenoxy) is 1. The molecule has 0 aliphatic carbocycles. The third-order valence-electron chi connectivity index (χ3n) is 5.31. The van der Waals surface area contributed by atoms with Crippen molar-refractivity contribution in [3.63, 3.8) is 0 Å². The molecule has 0 saturated heterocycles. The number of nitrogens with one attached hydrogen (secondary N) is 1. The van der Waals surface area contributed by atoms with Crippen LogP contribution in [0.1, 0.15) is 48.8 Å². The Balaban J connectivity index is 1.57. The van der Waals surface area contributed by atoms with Gasteiger partial charge in [-0.2, -0.15) is 0 Å². The zero-order chi connectivity index (χ0) is 22.3. The van der Waals surface area contributed by atoms with Crippen LogP contribution in [-0.2, 0) is 6.42 Å². The van der Waals surface area contributed by atoms with Crippen molar-refractivity contribution in [2.45, 2.75) is 40.2 Å². The van der Waals surface area contributed by atoms with E-state index in [9.17, 15) is 14.0 Å². The number of Topliss-reactive ketones (excluding diaryl/α,β-unsaturated/α-hetero) is 1. The lowest BCUT2D eigenvalue weighted by Crippen LogP contribution is -2.34. The van der Waals surface area contributed by atoms with Crippen molar-refractivity contribution >= 4 is 23.0 Å². The van der Waals surface area contributed by atoms with Crippen molar-refractivity contribution in [2.24, 2.45) is 0 Å². The molecular weight excluding hydrogens is 415 g/mol. The van der Waals surface area contributed by atoms with Crippen LogP contribution >= 0.6 is 11.3 Å². The van der Waals surface area contributed by atoms with Gasteiger partial charge in [-0.1, -0.05) is 6.07 Å². The van der Waals surface area contributed by atoms with Crippen LogP contribution in [0.4, 0.5) is 4.39 Å². The van der Waals surface area contributed by atoms with E-state index in [0.29, 0.717) is 40.3 Å². The number of carbonyl (C=O) groups is 2. The molecule has 5 nitrogen and oxygen atoms in total. The summed E-state index contributed by atoms with van der Waals surface area (Å²) in [7, 11) is 0. The molecule has 2 aromatic carbocycles. The smallest absolute Gasteiger partial charge is 0.263 e. The van der Waals surface area contributed by atoms with Crippen molar-refractivity contribution < 1.29 is 18.7 Å². The number of halogens is 1. The zero-order valence-corrected chi connectivity index (χ0v) is 18.7. The van der Waals surface area contributed by atoms with E-state index in [2.05, 4.69) is 10.3 Å². The van der Waals surface area contributed by atoms with E-state index >= 15 is 0 Å². The van der Waals surface area contributed by atoms with Gasteiger partial charge in [0.2, 0.25) is 0 Å². The highest BCUT2D eigenvalue weighted by Crippen LogP contribution is 2.41. The normalized spacial score (nSPS) is 14.8. The molecule has 7 heteroatoms. The maximum absolute atomic E-state index is 14.7. The average molecular weight is 439 g/mol. The highest BCUT2D eigenvalue weighted by atomic mass is 32.1. The molecule has 1 atom stereocenters. The Kier molecular flexibility index (Phi) is 5.62. The molecule has 0 saturated carbocycles. The van der Waals surface area contributed by atoms with Gasteiger partial charge in [-0.25, -0.2) is 9.37 Å². The first-order valence-corrected chi connectivity index (χ1v) is 10.9. The first-order valence-electron chi connectivity index (χ1n) is 10.1. The number of aromatic nitrogens is 1. The molecule has 0 radical (unpaired) electrons. The summed E-state index contributed by atoms with van der Waals surface area (Å²) in [5.41, 5.74) is 4.07. The number of fused-ring (bicyclic) bond motifs is 1. The van der Waals surface area contributed by atoms with Crippen molar-refractivity contribution in [3.8, 4) is 16.9 Å². The number of ketones is 1. The van der Waals surface area contributed by atoms with Crippen LogP contribution in [0.3, 0.4) is 0 Å². The number of hydrogen-bond acceptors (Lipinski definition) is 5. The number of amides is 1. The summed E-state index contributed by atoms with van der Waals surface area (Å²) in [6, 6.07) is 8.25. The topological polar surface area (TPSA) is 68.3 Å². The van der Waals surface area contributed by atoms with Gasteiger partial charge in [0.25, 0.3) is 5.91 Å². The summed E-state index contributed by atoms with van der Waals surface area (Å²) in [6.07, 6.45) is 0.354. The van der Waals surface area contributed by atoms with Gasteiger partial charge in [0.05, 0.1) is 17.2 Å². The molecule has 3 aromatic rings. The first-order chi connectivity index (χ1) is 14.7. The van der Waals surface area contributed by atoms with Gasteiger partial charge < -0.3 is 10.1 Å². The highest BCUT2D eigenvalue weighted by molar-refractivity contribution is 7.13. The quantitative estimate of drug-likeness (QED) is 0.581. The van der Waals surface area contributed by atoms with E-state index in [1.54, 1.807) is 6.07 Å². The number of benzene rings is 2. The standard InChI is InChI=1S/C24H23FN2O3S/c1-12-7-17-9-18(11-26-24(29)23-13(2)27-15(4)31-23)30-22(17)20(8-12)19-10-16(14(3)28)5-6-21(19)25/h5-8,10,18H,9,11H2,1-4H3,(H,26,29)/t18-/m1/s1. The Morgan fingerprint density at radius 1 is 1.19 bits per heavy atom. The number of hydrogen-bond donors (Lipinski definition) is 1. The monoisotopic (exact) mass is 438 g/mol. The number of aryl methyl sites for hydroxylation is 3. The van der Waals surface area contributed by atoms with Crippen molar-refractivity contribution in [2.75, 3.05) is 6.54 Å². The first kappa shape index (κ1) is 21.2. The van der Waals surface area contributed by atoms with Crippen molar-refractivity contribution in [1.29, 1.82) is 0 Å². The predicted molar refractivity (Wildman–Crippen MR) is 119 cm³/mol. The van der Waals surface area contributed by atoms with E-state index in [1.807, 2.05) is 32.9 Å². The molecule has 1 aliphatic heterocycles. The van der Waals surface area contributed by atoms with Crippen LogP contribution in [0, 0.1) is 26.6 Å². The van der Waals surface area contributed by atoms with Crippen LogP contribution < -0.4 is 10.1 Å². The van der Waals surface area contributed by atoms with E-state index in [4.69, 9.17) is 4.74 Å². The Labute approximate surface area is 184 Å². The lowest BCUT2D eigenvalue weighted by atomic mass is 9.95. The van der Waals surface area contributed by atoms with Crippen LogP contribution in [0.2, 0.25) is 0 Å². The second-order valence-electron chi connectivity index (χ2n) is 7.85. The van der Waals surface area contributed by atoms with Gasteiger partial charge in [-0.15, -0.1) is 11.3 Å². The summed E-state index contributed by atoms with van der Waals surface area (Å²) in [6.45, 7) is 7.42. The molecule has 1 aromatic heterocycles. The van der Waals surface area contributed by atoms with E-state index in [0.717, 1.165) is 21.8 Å². The van der Waals surface area contributed by atoms with E-state index in [1.165, 1.54) is 30.4 Å². The van der Waals surface area contributed by atoms with Gasteiger partial charge in [-0.05, 0) is 63.1 Å². The number of thiazole rings is 1. The predicted octanol–water partition coefficient (Wildman–Crippen LogP) is 4.81. The average Bonchev–Trinajstić information content (AvgIpc) is 3.27. The fourth-order valence-electron chi connectivity index (χ4n) is 3.89. The molecule has 0 fully saturated rings. The molecule has 160 valence electrons. The van der Waals surface area contributed by atoms with Gasteiger partial charge >= 0.3 is 0 Å². The Bertz CT molecular complexity index is 1200. The molecule has 0 bridgehead atoms. The molecule has 1 aliphatic rings. The lowest BCUT2D eigenvalue weighted by molar-refractivity contribution is 0.0936. The van der Waals surface area contributed by atoms with Crippen molar-refractivity contribution in [1.82, 2.24) is 10.3 Å². The summed E-state index contributed by atoms with van der Waals surface area (Å²) in [4.78, 5) is 29.2. The summed E-state index contributed by atoms with van der Waals surface area (Å²) in [5, 5.41) is 3.78. The molecule has 31 heavy (non-hydrogen) atoms. The molecule has 1 amide bonds. The van der Waals surface area contributed by atoms with Crippen LogP contribution in [-0.4, -0.2) is 29.3 Å². The van der Waals surface area contributed by atoms with Gasteiger partial charge in [0, 0.05) is 23.1 Å². The summed E-state index contributed by atoms with van der Waals surface area (Å²) < 4.78 is 20.8. The summed E-state index contributed by atoms with van der Waals surface area (Å²) in [5.74, 6) is -0.0941. The Hall–Kier alpha value is -3.06. The molecule has 0 spiro atoms. The van der Waals surface area contributed by atoms with E-state index in [-0.39, 0.29) is 17.8 Å². The third kappa shape index (κ3) is 4.23. The minimum atomic E-state index is -0.408. The molecular formula is C24H23FN2O3S. The van der Waals surface area contributed by atoms with Gasteiger partial charge in [-0.3, -0.25) is 9.59 Å². The largest absolute Gasteiger partial charge is 0.487 e. The second-order valence-corrected chi connectivity index (χ2v) is 9.06. The van der Waals surface area contributed by atoms with Gasteiger partial charge in [0.15, 0.2) is 5.78 Å². The van der Waals surface area contributed by atoms with Crippen LogP contribution in [0.5, 0.6) is 5.75 Å². The highest BCUT2D eigenvalue weighted by Gasteiger charge is 2.28. The Morgan fingerprint density at radius 3 is 2.65 bits per heavy atom. The molecule has 2 heterocycles. The maximum Gasteiger partial charge on any atom is 0.263 e. The van der Waals surface area contributed by atoms with Gasteiger partial charge in [0.1, 0.15) is 22.5 Å². The number of rotatable bonds is 5. The SMILES string of the molecule is CC(=O)c1ccc(F)c(-c2cc(C)cc3c2O[C@@H](CNC(=O)c2sc(C)nc2C)C3)c1. The molecule has 1 N–H and O–H groups in total. The summed E-state index contributed by atoms with van der Waals surface area (Å²) >= 11 is 1.37. The minimum Gasteiger partial charge on any atom is -0.487 e. The second kappa shape index (κ2) is 8.23. The minimum absolute atomic E-state index is 0.124. The third-order valence-corrected chi connectivity index (χ3v) is 6.38. The zero-order valence-electron chi connectivity index (χ0n) is 17.8.